The van der Waals surface area contributed by atoms with Gasteiger partial charge in [-0.1, -0.05) is 6.07 Å². The lowest BCUT2D eigenvalue weighted by molar-refractivity contribution is 0.914. The number of pyridine rings is 1. The zero-order chi connectivity index (χ0) is 16.3. The molecule has 6 nitrogen and oxygen atoms in total. The van der Waals surface area contributed by atoms with Crippen molar-refractivity contribution in [2.75, 3.05) is 17.6 Å². The lowest BCUT2D eigenvalue weighted by Gasteiger charge is -2.14. The molecule has 3 heterocycles. The molecule has 0 saturated heterocycles. The van der Waals surface area contributed by atoms with Crippen LogP contribution in [0.2, 0.25) is 0 Å². The Morgan fingerprint density at radius 3 is 2.88 bits per heavy atom. The van der Waals surface area contributed by atoms with Gasteiger partial charge < -0.3 is 11.1 Å². The summed E-state index contributed by atoms with van der Waals surface area (Å²) in [6, 6.07) is 9.88. The first-order valence-electron chi connectivity index (χ1n) is 8.28. The van der Waals surface area contributed by atoms with Crippen LogP contribution in [0.4, 0.5) is 11.5 Å². The van der Waals surface area contributed by atoms with Crippen LogP contribution in [0.3, 0.4) is 0 Å². The van der Waals surface area contributed by atoms with Crippen LogP contribution < -0.4 is 16.7 Å². The van der Waals surface area contributed by atoms with E-state index in [-0.39, 0.29) is 11.5 Å². The average molecular weight is 319 g/mol. The molecule has 0 bridgehead atoms. The van der Waals surface area contributed by atoms with E-state index in [0.717, 1.165) is 53.8 Å². The number of nitrogen functional groups attached to an aromatic ring is 1. The van der Waals surface area contributed by atoms with Crippen LogP contribution in [-0.2, 0) is 6.42 Å². The Morgan fingerprint density at radius 2 is 2.04 bits per heavy atom. The van der Waals surface area contributed by atoms with Crippen LogP contribution in [0, 0.1) is 0 Å². The van der Waals surface area contributed by atoms with E-state index in [9.17, 15) is 4.79 Å². The topological polar surface area (TPSA) is 85.8 Å². The monoisotopic (exact) mass is 319 g/mol. The van der Waals surface area contributed by atoms with E-state index in [4.69, 9.17) is 10.7 Å². The SMILES string of the molecule is Nc1nc(=O)n(-c2cccc3c2CCN3)c2nc(C3CC3)ccc12. The fourth-order valence-electron chi connectivity index (χ4n) is 3.50. The molecule has 0 atom stereocenters. The first kappa shape index (κ1) is 13.5. The number of aromatic nitrogens is 3. The number of hydrogen-bond acceptors (Lipinski definition) is 5. The zero-order valence-electron chi connectivity index (χ0n) is 13.1. The minimum absolute atomic E-state index is 0.242. The van der Waals surface area contributed by atoms with E-state index in [0.29, 0.717) is 11.6 Å². The number of nitrogens with one attached hydrogen (secondary N) is 1. The van der Waals surface area contributed by atoms with Crippen LogP contribution in [0.5, 0.6) is 0 Å². The molecule has 5 rings (SSSR count). The number of rotatable bonds is 2. The molecule has 1 aromatic carbocycles. The van der Waals surface area contributed by atoms with Gasteiger partial charge >= 0.3 is 5.69 Å². The Hall–Kier alpha value is -2.89. The standard InChI is InChI=1S/C18H17N5O/c19-16-12-6-7-13(10-4-5-10)21-17(12)23(18(24)22-16)15-3-1-2-14-11(15)8-9-20-14/h1-3,6-7,10,20H,4-5,8-9H2,(H2,19,22,24). The molecule has 1 fully saturated rings. The van der Waals surface area contributed by atoms with Crippen molar-refractivity contribution in [1.29, 1.82) is 0 Å². The Balaban J connectivity index is 1.86. The van der Waals surface area contributed by atoms with Crippen molar-refractivity contribution in [1.82, 2.24) is 14.5 Å². The third-order valence-corrected chi connectivity index (χ3v) is 4.87. The van der Waals surface area contributed by atoms with Gasteiger partial charge in [0.1, 0.15) is 5.82 Å². The molecule has 6 heteroatoms. The number of anilines is 2. The first-order valence-corrected chi connectivity index (χ1v) is 8.28. The highest BCUT2D eigenvalue weighted by Crippen LogP contribution is 2.39. The normalized spacial score (nSPS) is 16.2. The van der Waals surface area contributed by atoms with E-state index in [1.165, 1.54) is 0 Å². The Labute approximate surface area is 138 Å². The maximum Gasteiger partial charge on any atom is 0.355 e. The second kappa shape index (κ2) is 4.80. The molecular formula is C18H17N5O. The summed E-state index contributed by atoms with van der Waals surface area (Å²) in [5, 5.41) is 4.07. The molecule has 0 unspecified atom stereocenters. The Morgan fingerprint density at radius 1 is 1.17 bits per heavy atom. The molecule has 2 aliphatic rings. The van der Waals surface area contributed by atoms with Gasteiger partial charge in [-0.2, -0.15) is 4.98 Å². The summed E-state index contributed by atoms with van der Waals surface area (Å²) in [6.07, 6.45) is 3.20. The average Bonchev–Trinajstić information content (AvgIpc) is 3.32. The van der Waals surface area contributed by atoms with Crippen LogP contribution in [0.25, 0.3) is 16.7 Å². The second-order valence-electron chi connectivity index (χ2n) is 6.48. The summed E-state index contributed by atoms with van der Waals surface area (Å²) in [4.78, 5) is 21.5. The largest absolute Gasteiger partial charge is 0.384 e. The minimum atomic E-state index is -0.374. The van der Waals surface area contributed by atoms with Gasteiger partial charge in [-0.25, -0.2) is 14.3 Å². The first-order chi connectivity index (χ1) is 11.7. The number of nitrogens with two attached hydrogens (primary N) is 1. The zero-order valence-corrected chi connectivity index (χ0v) is 13.1. The van der Waals surface area contributed by atoms with Gasteiger partial charge in [-0.3, -0.25) is 0 Å². The number of benzene rings is 1. The van der Waals surface area contributed by atoms with Crippen LogP contribution in [0.1, 0.15) is 30.0 Å². The van der Waals surface area contributed by atoms with E-state index in [2.05, 4.69) is 10.3 Å². The van der Waals surface area contributed by atoms with Crippen molar-refractivity contribution in [3.8, 4) is 5.69 Å². The summed E-state index contributed by atoms with van der Waals surface area (Å²) in [5.41, 5.74) is 10.3. The highest BCUT2D eigenvalue weighted by molar-refractivity contribution is 5.87. The lowest BCUT2D eigenvalue weighted by atomic mass is 10.1. The highest BCUT2D eigenvalue weighted by atomic mass is 16.1. The van der Waals surface area contributed by atoms with Gasteiger partial charge in [0.05, 0.1) is 11.1 Å². The quantitative estimate of drug-likeness (QED) is 0.756. The van der Waals surface area contributed by atoms with Crippen molar-refractivity contribution in [2.24, 2.45) is 0 Å². The van der Waals surface area contributed by atoms with E-state index in [1.807, 2.05) is 30.3 Å². The fraction of sp³-hybridized carbons (Fsp3) is 0.278. The highest BCUT2D eigenvalue weighted by Gasteiger charge is 2.26. The van der Waals surface area contributed by atoms with Gasteiger partial charge in [0.2, 0.25) is 0 Å². The molecule has 3 N–H and O–H groups in total. The number of hydrogen-bond donors (Lipinski definition) is 2. The van der Waals surface area contributed by atoms with Gasteiger partial charge in [0, 0.05) is 29.4 Å². The van der Waals surface area contributed by atoms with Crippen molar-refractivity contribution in [3.05, 3.63) is 52.1 Å². The summed E-state index contributed by atoms with van der Waals surface area (Å²) >= 11 is 0. The van der Waals surface area contributed by atoms with E-state index >= 15 is 0 Å². The number of nitrogens with zero attached hydrogens (tertiary/aromatic N) is 3. The van der Waals surface area contributed by atoms with E-state index in [1.54, 1.807) is 4.57 Å². The van der Waals surface area contributed by atoms with Crippen molar-refractivity contribution < 1.29 is 0 Å². The second-order valence-corrected chi connectivity index (χ2v) is 6.48. The Kier molecular flexibility index (Phi) is 2.71. The molecule has 2 aromatic heterocycles. The number of fused-ring (bicyclic) bond motifs is 2. The molecule has 1 aliphatic heterocycles. The lowest BCUT2D eigenvalue weighted by Crippen LogP contribution is -2.25. The molecule has 3 aromatic rings. The van der Waals surface area contributed by atoms with Crippen molar-refractivity contribution >= 4 is 22.5 Å². The van der Waals surface area contributed by atoms with Crippen LogP contribution in [0.15, 0.2) is 35.1 Å². The van der Waals surface area contributed by atoms with E-state index < -0.39 is 0 Å². The summed E-state index contributed by atoms with van der Waals surface area (Å²) in [6.45, 7) is 0.877. The molecule has 24 heavy (non-hydrogen) atoms. The third-order valence-electron chi connectivity index (χ3n) is 4.87. The summed E-state index contributed by atoms with van der Waals surface area (Å²) < 4.78 is 1.61. The molecule has 1 aliphatic carbocycles. The summed E-state index contributed by atoms with van der Waals surface area (Å²) in [7, 11) is 0. The smallest absolute Gasteiger partial charge is 0.355 e. The van der Waals surface area contributed by atoms with Gasteiger partial charge in [0.25, 0.3) is 0 Å². The maximum atomic E-state index is 12.7. The molecular weight excluding hydrogens is 302 g/mol. The van der Waals surface area contributed by atoms with Crippen molar-refractivity contribution in [2.45, 2.75) is 25.2 Å². The Bertz CT molecular complexity index is 1040. The van der Waals surface area contributed by atoms with Crippen LogP contribution in [-0.4, -0.2) is 21.1 Å². The molecule has 0 radical (unpaired) electrons. The third kappa shape index (κ3) is 1.92. The van der Waals surface area contributed by atoms with Gasteiger partial charge in [0.15, 0.2) is 5.65 Å². The maximum absolute atomic E-state index is 12.7. The summed E-state index contributed by atoms with van der Waals surface area (Å²) in [5.74, 6) is 0.752. The van der Waals surface area contributed by atoms with Gasteiger partial charge in [-0.15, -0.1) is 0 Å². The van der Waals surface area contributed by atoms with Crippen LogP contribution >= 0.6 is 0 Å². The minimum Gasteiger partial charge on any atom is -0.384 e. The molecule has 1 saturated carbocycles. The molecule has 120 valence electrons. The molecule has 0 spiro atoms. The molecule has 0 amide bonds. The fourth-order valence-corrected chi connectivity index (χ4v) is 3.50. The van der Waals surface area contributed by atoms with Gasteiger partial charge in [-0.05, 0) is 43.5 Å². The predicted molar refractivity (Wildman–Crippen MR) is 93.7 cm³/mol. The van der Waals surface area contributed by atoms with Crippen molar-refractivity contribution in [3.63, 3.8) is 0 Å². The predicted octanol–water partition coefficient (Wildman–Crippen LogP) is 2.21.